The first-order valence-corrected chi connectivity index (χ1v) is 20.4. The number of fused-ring (bicyclic) bond motifs is 9. The molecule has 3 aromatic heterocycles. The van der Waals surface area contributed by atoms with Crippen molar-refractivity contribution in [3.05, 3.63) is 200 Å². The van der Waals surface area contributed by atoms with E-state index in [4.69, 9.17) is 9.40 Å². The second-order valence-electron chi connectivity index (χ2n) is 14.8. The van der Waals surface area contributed by atoms with Crippen LogP contribution in [0.4, 0.5) is 17.1 Å². The van der Waals surface area contributed by atoms with Crippen LogP contribution in [-0.2, 0) is 0 Å². The monoisotopic (exact) mass is 759 g/mol. The van der Waals surface area contributed by atoms with Gasteiger partial charge in [-0.3, -0.25) is 0 Å². The molecule has 272 valence electrons. The van der Waals surface area contributed by atoms with E-state index in [0.29, 0.717) is 5.89 Å². The quantitative estimate of drug-likeness (QED) is 0.169. The zero-order valence-electron chi connectivity index (χ0n) is 31.2. The number of rotatable bonds is 6. The topological polar surface area (TPSA) is 34.2 Å². The summed E-state index contributed by atoms with van der Waals surface area (Å²) < 4.78 is 11.4. The first-order chi connectivity index (χ1) is 28.7. The lowest BCUT2D eigenvalue weighted by Crippen LogP contribution is -2.10. The number of para-hydroxylation sites is 2. The molecule has 58 heavy (non-hydrogen) atoms. The van der Waals surface area contributed by atoms with Crippen molar-refractivity contribution >= 4 is 92.2 Å². The number of aromatic nitrogens is 2. The minimum absolute atomic E-state index is 0.628. The minimum atomic E-state index is 0.628. The molecule has 0 aliphatic heterocycles. The molecule has 9 aromatic carbocycles. The fourth-order valence-electron chi connectivity index (χ4n) is 8.74. The SMILES string of the molecule is c1ccc(-c2nc3c(cc(-c4ccc(N(c5ccc6c(c5)sc5ccccc56)c5ccc6c7ccccc7n(-c7ccccc7)c6c5)cc4)c4ccccc43)o2)cc1. The standard InChI is InChI=1S/C53H33N3OS/c1-3-13-35(14-4-1)53-54-52-45-20-8-7-17-40(45)46(33-49(52)57-53)34-23-25-37(26-24-34)55(39-28-30-44-43-19-10-12-22-50(43)58-51(44)32-39)38-27-29-42-41-18-9-11-21-47(41)56(48(42)31-38)36-15-5-2-6-16-36/h1-33H. The van der Waals surface area contributed by atoms with Crippen molar-refractivity contribution in [2.24, 2.45) is 0 Å². The normalized spacial score (nSPS) is 11.8. The van der Waals surface area contributed by atoms with E-state index in [-0.39, 0.29) is 0 Å². The van der Waals surface area contributed by atoms with Crippen LogP contribution in [0.5, 0.6) is 0 Å². The van der Waals surface area contributed by atoms with E-state index in [2.05, 4.69) is 179 Å². The summed E-state index contributed by atoms with van der Waals surface area (Å²) >= 11 is 1.85. The number of hydrogen-bond acceptors (Lipinski definition) is 4. The smallest absolute Gasteiger partial charge is 0.227 e. The second kappa shape index (κ2) is 13.1. The summed E-state index contributed by atoms with van der Waals surface area (Å²) in [5.74, 6) is 0.628. The average Bonchev–Trinajstić information content (AvgIpc) is 3.99. The van der Waals surface area contributed by atoms with Crippen LogP contribution in [-0.4, -0.2) is 9.55 Å². The molecule has 5 heteroatoms. The van der Waals surface area contributed by atoms with Gasteiger partial charge in [-0.2, -0.15) is 0 Å². The maximum absolute atomic E-state index is 6.44. The molecular weight excluding hydrogens is 727 g/mol. The third-order valence-corrected chi connectivity index (χ3v) is 12.5. The lowest BCUT2D eigenvalue weighted by atomic mass is 9.97. The Balaban J connectivity index is 1.04. The highest BCUT2D eigenvalue weighted by Gasteiger charge is 2.20. The highest BCUT2D eigenvalue weighted by atomic mass is 32.1. The van der Waals surface area contributed by atoms with E-state index in [1.54, 1.807) is 0 Å². The number of oxazole rings is 1. The molecule has 4 nitrogen and oxygen atoms in total. The van der Waals surface area contributed by atoms with Gasteiger partial charge in [0.1, 0.15) is 5.52 Å². The molecule has 0 saturated heterocycles. The van der Waals surface area contributed by atoms with Crippen molar-refractivity contribution in [1.82, 2.24) is 9.55 Å². The molecule has 0 saturated carbocycles. The highest BCUT2D eigenvalue weighted by molar-refractivity contribution is 7.25. The van der Waals surface area contributed by atoms with Crippen LogP contribution in [0.2, 0.25) is 0 Å². The summed E-state index contributed by atoms with van der Waals surface area (Å²) in [4.78, 5) is 7.37. The summed E-state index contributed by atoms with van der Waals surface area (Å²) in [6.45, 7) is 0. The van der Waals surface area contributed by atoms with E-state index in [1.807, 2.05) is 41.7 Å². The lowest BCUT2D eigenvalue weighted by molar-refractivity contribution is 0.620. The Morgan fingerprint density at radius 2 is 1.03 bits per heavy atom. The van der Waals surface area contributed by atoms with Crippen molar-refractivity contribution in [2.45, 2.75) is 0 Å². The molecule has 0 spiro atoms. The van der Waals surface area contributed by atoms with Crippen LogP contribution in [0.15, 0.2) is 205 Å². The van der Waals surface area contributed by atoms with E-state index < -0.39 is 0 Å². The first-order valence-electron chi connectivity index (χ1n) is 19.5. The van der Waals surface area contributed by atoms with Crippen LogP contribution in [0.25, 0.3) is 92.1 Å². The summed E-state index contributed by atoms with van der Waals surface area (Å²) in [7, 11) is 0. The van der Waals surface area contributed by atoms with Crippen LogP contribution in [0, 0.1) is 0 Å². The minimum Gasteiger partial charge on any atom is -0.436 e. The maximum atomic E-state index is 6.44. The van der Waals surface area contributed by atoms with Crippen molar-refractivity contribution in [3.8, 4) is 28.3 Å². The number of hydrogen-bond donors (Lipinski definition) is 0. The first kappa shape index (κ1) is 32.7. The van der Waals surface area contributed by atoms with Gasteiger partial charge in [-0.25, -0.2) is 4.98 Å². The molecule has 12 rings (SSSR count). The number of thiophene rings is 1. The fourth-order valence-corrected chi connectivity index (χ4v) is 9.88. The van der Waals surface area contributed by atoms with Gasteiger partial charge in [-0.05, 0) is 95.4 Å². The number of anilines is 3. The Morgan fingerprint density at radius 1 is 0.431 bits per heavy atom. The maximum Gasteiger partial charge on any atom is 0.227 e. The van der Waals surface area contributed by atoms with Gasteiger partial charge < -0.3 is 13.9 Å². The third-order valence-electron chi connectivity index (χ3n) is 11.4. The molecule has 0 unspecified atom stereocenters. The van der Waals surface area contributed by atoms with Crippen molar-refractivity contribution in [2.75, 3.05) is 4.90 Å². The Kier molecular flexibility index (Phi) is 7.37. The van der Waals surface area contributed by atoms with Gasteiger partial charge in [0.05, 0.1) is 11.0 Å². The molecule has 0 amide bonds. The molecule has 0 aliphatic carbocycles. The van der Waals surface area contributed by atoms with Crippen LogP contribution < -0.4 is 4.90 Å². The molecule has 0 N–H and O–H groups in total. The molecule has 12 aromatic rings. The van der Waals surface area contributed by atoms with Gasteiger partial charge >= 0.3 is 0 Å². The molecule has 0 fully saturated rings. The predicted octanol–water partition coefficient (Wildman–Crippen LogP) is 15.2. The Morgan fingerprint density at radius 3 is 1.84 bits per heavy atom. The summed E-state index contributed by atoms with van der Waals surface area (Å²) in [6, 6.07) is 71.6. The van der Waals surface area contributed by atoms with Gasteiger partial charge in [-0.1, -0.05) is 121 Å². The van der Waals surface area contributed by atoms with E-state index in [0.717, 1.165) is 66.8 Å². The third kappa shape index (κ3) is 5.18. The van der Waals surface area contributed by atoms with Gasteiger partial charge in [-0.15, -0.1) is 11.3 Å². The molecule has 0 radical (unpaired) electrons. The number of benzene rings is 9. The Bertz CT molecular complexity index is 3510. The van der Waals surface area contributed by atoms with E-state index in [9.17, 15) is 0 Å². The van der Waals surface area contributed by atoms with Gasteiger partial charge in [0.15, 0.2) is 5.58 Å². The summed E-state index contributed by atoms with van der Waals surface area (Å²) in [5, 5.41) is 7.26. The van der Waals surface area contributed by atoms with Gasteiger partial charge in [0.25, 0.3) is 0 Å². The lowest BCUT2D eigenvalue weighted by Gasteiger charge is -2.26. The second-order valence-corrected chi connectivity index (χ2v) is 15.8. The van der Waals surface area contributed by atoms with Gasteiger partial charge in [0.2, 0.25) is 5.89 Å². The summed E-state index contributed by atoms with van der Waals surface area (Å²) in [6.07, 6.45) is 0. The molecule has 0 bridgehead atoms. The van der Waals surface area contributed by atoms with Crippen LogP contribution in [0.1, 0.15) is 0 Å². The molecule has 0 atom stereocenters. The Hall–Kier alpha value is -7.47. The van der Waals surface area contributed by atoms with Gasteiger partial charge in [0, 0.05) is 64.6 Å². The fraction of sp³-hybridized carbons (Fsp3) is 0. The molecule has 3 heterocycles. The molecule has 0 aliphatic rings. The zero-order chi connectivity index (χ0) is 38.2. The predicted molar refractivity (Wildman–Crippen MR) is 244 cm³/mol. The van der Waals surface area contributed by atoms with Crippen molar-refractivity contribution < 1.29 is 4.42 Å². The van der Waals surface area contributed by atoms with Crippen molar-refractivity contribution in [3.63, 3.8) is 0 Å². The van der Waals surface area contributed by atoms with E-state index in [1.165, 1.54) is 36.5 Å². The van der Waals surface area contributed by atoms with Crippen LogP contribution in [0.3, 0.4) is 0 Å². The van der Waals surface area contributed by atoms with Crippen molar-refractivity contribution in [1.29, 1.82) is 0 Å². The highest BCUT2D eigenvalue weighted by Crippen LogP contribution is 2.44. The zero-order valence-corrected chi connectivity index (χ0v) is 32.0. The van der Waals surface area contributed by atoms with Crippen LogP contribution >= 0.6 is 11.3 Å². The number of nitrogens with zero attached hydrogens (tertiary/aromatic N) is 3. The Labute approximate surface area is 338 Å². The largest absolute Gasteiger partial charge is 0.436 e. The summed E-state index contributed by atoms with van der Waals surface area (Å²) in [5.41, 5.74) is 11.6. The molecular formula is C53H33N3OS. The van der Waals surface area contributed by atoms with E-state index >= 15 is 0 Å². The average molecular weight is 760 g/mol.